The second kappa shape index (κ2) is 5.69. The molecule has 0 unspecified atom stereocenters. The van der Waals surface area contributed by atoms with E-state index in [9.17, 15) is 19.7 Å². The first-order chi connectivity index (χ1) is 12.5. The molecule has 2 heterocycles. The van der Waals surface area contributed by atoms with E-state index in [1.54, 1.807) is 13.0 Å². The van der Waals surface area contributed by atoms with Gasteiger partial charge in [0.1, 0.15) is 5.56 Å². The third-order valence-corrected chi connectivity index (χ3v) is 4.32. The van der Waals surface area contributed by atoms with E-state index in [1.807, 2.05) is 18.2 Å². The van der Waals surface area contributed by atoms with E-state index in [0.29, 0.717) is 22.4 Å². The third kappa shape index (κ3) is 2.31. The predicted octanol–water partition coefficient (Wildman–Crippen LogP) is 2.64. The molecular formula is C18H12N4O4. The Bertz CT molecular complexity index is 1110. The number of hydrogen-bond acceptors (Lipinski definition) is 6. The summed E-state index contributed by atoms with van der Waals surface area (Å²) in [6, 6.07) is 11.3. The molecule has 1 aromatic heterocycles. The summed E-state index contributed by atoms with van der Waals surface area (Å²) in [5, 5.41) is 11.2. The van der Waals surface area contributed by atoms with E-state index in [4.69, 9.17) is 0 Å². The van der Waals surface area contributed by atoms with Gasteiger partial charge in [-0.25, -0.2) is 9.97 Å². The molecule has 0 fully saturated rings. The molecule has 0 atom stereocenters. The van der Waals surface area contributed by atoms with Gasteiger partial charge in [-0.05, 0) is 25.1 Å². The van der Waals surface area contributed by atoms with Crippen LogP contribution in [0.2, 0.25) is 0 Å². The molecule has 2 amide bonds. The van der Waals surface area contributed by atoms with Crippen LogP contribution in [0.5, 0.6) is 0 Å². The number of nitro groups is 1. The number of rotatable bonds is 3. The van der Waals surface area contributed by atoms with Gasteiger partial charge in [-0.15, -0.1) is 0 Å². The number of para-hydroxylation sites is 2. The number of imide groups is 1. The van der Waals surface area contributed by atoms with E-state index < -0.39 is 16.7 Å². The fourth-order valence-electron chi connectivity index (χ4n) is 3.04. The molecule has 26 heavy (non-hydrogen) atoms. The van der Waals surface area contributed by atoms with E-state index in [2.05, 4.69) is 9.97 Å². The van der Waals surface area contributed by atoms with Crippen molar-refractivity contribution in [3.05, 3.63) is 75.1 Å². The number of amides is 2. The molecule has 1 aliphatic rings. The van der Waals surface area contributed by atoms with Crippen molar-refractivity contribution in [2.75, 3.05) is 0 Å². The lowest BCUT2D eigenvalue weighted by Gasteiger charge is -2.14. The van der Waals surface area contributed by atoms with Gasteiger partial charge in [0, 0.05) is 6.07 Å². The molecule has 4 rings (SSSR count). The molecule has 3 aromatic rings. The first kappa shape index (κ1) is 15.8. The molecule has 0 spiro atoms. The lowest BCUT2D eigenvalue weighted by atomic mass is 10.1. The van der Waals surface area contributed by atoms with Crippen LogP contribution < -0.4 is 0 Å². The summed E-state index contributed by atoms with van der Waals surface area (Å²) in [6.45, 7) is 1.66. The minimum Gasteiger partial charge on any atom is -0.269 e. The molecule has 2 aromatic carbocycles. The number of fused-ring (bicyclic) bond motifs is 2. The highest BCUT2D eigenvalue weighted by atomic mass is 16.6. The Balaban J connectivity index is 1.75. The summed E-state index contributed by atoms with van der Waals surface area (Å²) < 4.78 is 0. The van der Waals surface area contributed by atoms with Crippen molar-refractivity contribution < 1.29 is 14.5 Å². The van der Waals surface area contributed by atoms with Crippen molar-refractivity contribution in [1.29, 1.82) is 0 Å². The van der Waals surface area contributed by atoms with Crippen LogP contribution in [-0.4, -0.2) is 31.6 Å². The van der Waals surface area contributed by atoms with Crippen LogP contribution in [0.1, 0.15) is 32.1 Å². The Morgan fingerprint density at radius 3 is 2.38 bits per heavy atom. The van der Waals surface area contributed by atoms with Gasteiger partial charge in [0.25, 0.3) is 17.5 Å². The maximum absolute atomic E-state index is 12.7. The van der Waals surface area contributed by atoms with Gasteiger partial charge in [0.2, 0.25) is 0 Å². The Labute approximate surface area is 147 Å². The highest BCUT2D eigenvalue weighted by Gasteiger charge is 2.41. The number of aromatic nitrogens is 2. The molecule has 8 nitrogen and oxygen atoms in total. The average Bonchev–Trinajstić information content (AvgIpc) is 2.87. The van der Waals surface area contributed by atoms with E-state index in [0.717, 1.165) is 4.90 Å². The third-order valence-electron chi connectivity index (χ3n) is 4.32. The molecule has 0 saturated carbocycles. The first-order valence-corrected chi connectivity index (χ1v) is 7.83. The number of nitro benzene ring substituents is 1. The molecule has 1 aliphatic heterocycles. The van der Waals surface area contributed by atoms with Gasteiger partial charge in [0.05, 0.1) is 39.5 Å². The smallest absolute Gasteiger partial charge is 0.269 e. The molecule has 0 saturated heterocycles. The van der Waals surface area contributed by atoms with Crippen LogP contribution in [-0.2, 0) is 6.54 Å². The van der Waals surface area contributed by atoms with E-state index >= 15 is 0 Å². The van der Waals surface area contributed by atoms with Gasteiger partial charge in [-0.2, -0.15) is 0 Å². The monoisotopic (exact) mass is 348 g/mol. The summed E-state index contributed by atoms with van der Waals surface area (Å²) in [4.78, 5) is 45.7. The van der Waals surface area contributed by atoms with Crippen LogP contribution in [0.15, 0.2) is 42.5 Å². The lowest BCUT2D eigenvalue weighted by molar-refractivity contribution is -0.385. The van der Waals surface area contributed by atoms with Crippen LogP contribution in [0.3, 0.4) is 0 Å². The standard InChI is InChI=1S/C18H12N4O4/c1-10-14(20-13-7-3-2-6-12(13)19-10)9-21-17(23)11-5-4-8-15(22(25)26)16(11)18(21)24/h2-8H,9H2,1H3. The van der Waals surface area contributed by atoms with Gasteiger partial charge < -0.3 is 0 Å². The fourth-order valence-corrected chi connectivity index (χ4v) is 3.04. The number of benzene rings is 2. The Kier molecular flexibility index (Phi) is 3.47. The Morgan fingerprint density at radius 1 is 1.00 bits per heavy atom. The topological polar surface area (TPSA) is 106 Å². The summed E-state index contributed by atoms with van der Waals surface area (Å²) in [7, 11) is 0. The van der Waals surface area contributed by atoms with Crippen LogP contribution in [0, 0.1) is 17.0 Å². The number of hydrogen-bond donors (Lipinski definition) is 0. The fraction of sp³-hybridized carbons (Fsp3) is 0.111. The van der Waals surface area contributed by atoms with Crippen LogP contribution in [0.4, 0.5) is 5.69 Å². The van der Waals surface area contributed by atoms with Gasteiger partial charge in [0.15, 0.2) is 0 Å². The summed E-state index contributed by atoms with van der Waals surface area (Å²) >= 11 is 0. The van der Waals surface area contributed by atoms with Gasteiger partial charge in [-0.1, -0.05) is 18.2 Å². The lowest BCUT2D eigenvalue weighted by Crippen LogP contribution is -2.30. The Morgan fingerprint density at radius 2 is 1.69 bits per heavy atom. The molecule has 0 N–H and O–H groups in total. The molecule has 8 heteroatoms. The normalized spacial score (nSPS) is 13.3. The average molecular weight is 348 g/mol. The van der Waals surface area contributed by atoms with Crippen molar-refractivity contribution in [2.24, 2.45) is 0 Å². The summed E-state index contributed by atoms with van der Waals surface area (Å²) in [5.41, 5.74) is 1.92. The minimum absolute atomic E-state index is 0.0376. The zero-order valence-corrected chi connectivity index (χ0v) is 13.7. The van der Waals surface area contributed by atoms with E-state index in [-0.39, 0.29) is 23.4 Å². The largest absolute Gasteiger partial charge is 0.282 e. The molecule has 128 valence electrons. The first-order valence-electron chi connectivity index (χ1n) is 7.83. The van der Waals surface area contributed by atoms with Crippen molar-refractivity contribution in [2.45, 2.75) is 13.5 Å². The molecule has 0 bridgehead atoms. The number of carbonyl (C=O) groups is 2. The molecule has 0 aliphatic carbocycles. The summed E-state index contributed by atoms with van der Waals surface area (Å²) in [6.07, 6.45) is 0. The van der Waals surface area contributed by atoms with Gasteiger partial charge >= 0.3 is 0 Å². The molecule has 0 radical (unpaired) electrons. The number of aryl methyl sites for hydroxylation is 1. The zero-order valence-electron chi connectivity index (χ0n) is 13.7. The SMILES string of the molecule is Cc1nc2ccccc2nc1CN1C(=O)c2cccc([N+](=O)[O-])c2C1=O. The predicted molar refractivity (Wildman–Crippen MR) is 91.6 cm³/mol. The highest BCUT2D eigenvalue weighted by Crippen LogP contribution is 2.31. The van der Waals surface area contributed by atoms with Crippen LogP contribution in [0.25, 0.3) is 11.0 Å². The Hall–Kier alpha value is -3.68. The van der Waals surface area contributed by atoms with Crippen molar-refractivity contribution in [1.82, 2.24) is 14.9 Å². The van der Waals surface area contributed by atoms with Crippen molar-refractivity contribution in [3.63, 3.8) is 0 Å². The number of carbonyl (C=O) groups excluding carboxylic acids is 2. The number of nitrogens with zero attached hydrogens (tertiary/aromatic N) is 4. The van der Waals surface area contributed by atoms with Crippen molar-refractivity contribution in [3.8, 4) is 0 Å². The maximum atomic E-state index is 12.7. The maximum Gasteiger partial charge on any atom is 0.282 e. The van der Waals surface area contributed by atoms with E-state index in [1.165, 1.54) is 18.2 Å². The minimum atomic E-state index is -0.688. The quantitative estimate of drug-likeness (QED) is 0.409. The van der Waals surface area contributed by atoms with Crippen LogP contribution >= 0.6 is 0 Å². The molecular weight excluding hydrogens is 336 g/mol. The summed E-state index contributed by atoms with van der Waals surface area (Å²) in [5.74, 6) is -1.25. The zero-order chi connectivity index (χ0) is 18.4. The highest BCUT2D eigenvalue weighted by molar-refractivity contribution is 6.23. The van der Waals surface area contributed by atoms with Crippen molar-refractivity contribution >= 4 is 28.5 Å². The second-order valence-electron chi connectivity index (χ2n) is 5.90. The van der Waals surface area contributed by atoms with Gasteiger partial charge in [-0.3, -0.25) is 24.6 Å². The second-order valence-corrected chi connectivity index (χ2v) is 5.90.